The van der Waals surface area contributed by atoms with Crippen molar-refractivity contribution in [2.45, 2.75) is 20.3 Å². The van der Waals surface area contributed by atoms with Crippen molar-refractivity contribution in [1.82, 2.24) is 4.98 Å². The van der Waals surface area contributed by atoms with Crippen molar-refractivity contribution in [3.8, 4) is 5.75 Å². The molecule has 1 heterocycles. The first-order valence-electron chi connectivity index (χ1n) is 6.73. The molecule has 7 heteroatoms. The number of anilines is 1. The molecule has 0 saturated heterocycles. The second-order valence-corrected chi connectivity index (χ2v) is 5.87. The summed E-state index contributed by atoms with van der Waals surface area (Å²) in [5, 5.41) is 4.15. The largest absolute Gasteiger partial charge is 0.495 e. The van der Waals surface area contributed by atoms with Gasteiger partial charge in [0.1, 0.15) is 5.75 Å². The number of nitrogens with two attached hydrogens (primary N) is 1. The summed E-state index contributed by atoms with van der Waals surface area (Å²) in [6.07, 6.45) is 0.853. The Bertz CT molecular complexity index is 642. The molecule has 120 valence electrons. The summed E-state index contributed by atoms with van der Waals surface area (Å²) < 4.78 is 5.26. The average molecular weight is 432 g/mol. The fraction of sp³-hybridized carbons (Fsp3) is 0.333. The number of rotatable bonds is 5. The Morgan fingerprint density at radius 1 is 1.36 bits per heavy atom. The van der Waals surface area contributed by atoms with Gasteiger partial charge in [-0.25, -0.2) is 4.98 Å². The molecule has 0 atom stereocenters. The second-order valence-electron chi connectivity index (χ2n) is 4.58. The SMILES string of the molecule is COc1ccccc1NC(N)=NCCc1sc(C)nc1C.I. The van der Waals surface area contributed by atoms with E-state index < -0.39 is 0 Å². The van der Waals surface area contributed by atoms with Crippen LogP contribution in [0, 0.1) is 13.8 Å². The molecule has 5 nitrogen and oxygen atoms in total. The molecule has 2 aromatic rings. The van der Waals surface area contributed by atoms with Crippen molar-refractivity contribution in [2.75, 3.05) is 19.0 Å². The van der Waals surface area contributed by atoms with E-state index in [9.17, 15) is 0 Å². The fourth-order valence-corrected chi connectivity index (χ4v) is 2.93. The Balaban J connectivity index is 0.00000242. The van der Waals surface area contributed by atoms with Crippen molar-refractivity contribution < 1.29 is 4.74 Å². The maximum absolute atomic E-state index is 5.91. The summed E-state index contributed by atoms with van der Waals surface area (Å²) in [7, 11) is 1.63. The molecule has 0 amide bonds. The molecule has 0 aliphatic carbocycles. The van der Waals surface area contributed by atoms with Crippen molar-refractivity contribution in [1.29, 1.82) is 0 Å². The molecule has 1 aromatic carbocycles. The molecule has 22 heavy (non-hydrogen) atoms. The van der Waals surface area contributed by atoms with Crippen LogP contribution >= 0.6 is 35.3 Å². The number of thiazole rings is 1. The van der Waals surface area contributed by atoms with Gasteiger partial charge in [-0.05, 0) is 26.0 Å². The van der Waals surface area contributed by atoms with E-state index in [-0.39, 0.29) is 24.0 Å². The van der Waals surface area contributed by atoms with Crippen molar-refractivity contribution in [3.63, 3.8) is 0 Å². The summed E-state index contributed by atoms with van der Waals surface area (Å²) in [5.41, 5.74) is 7.81. The highest BCUT2D eigenvalue weighted by Crippen LogP contribution is 2.22. The Kier molecular flexibility index (Phi) is 7.60. The summed E-state index contributed by atoms with van der Waals surface area (Å²) in [6.45, 7) is 4.68. The minimum absolute atomic E-state index is 0. The lowest BCUT2D eigenvalue weighted by atomic mass is 10.3. The highest BCUT2D eigenvalue weighted by molar-refractivity contribution is 14.0. The number of ether oxygens (including phenoxy) is 1. The van der Waals surface area contributed by atoms with Gasteiger partial charge < -0.3 is 15.8 Å². The smallest absolute Gasteiger partial charge is 0.193 e. The lowest BCUT2D eigenvalue weighted by molar-refractivity contribution is 0.417. The van der Waals surface area contributed by atoms with E-state index >= 15 is 0 Å². The second kappa shape index (κ2) is 8.94. The van der Waals surface area contributed by atoms with Crippen LogP contribution in [0.5, 0.6) is 5.75 Å². The van der Waals surface area contributed by atoms with Gasteiger partial charge in [0.25, 0.3) is 0 Å². The van der Waals surface area contributed by atoms with Gasteiger partial charge >= 0.3 is 0 Å². The van der Waals surface area contributed by atoms with Crippen molar-refractivity contribution in [2.24, 2.45) is 10.7 Å². The minimum atomic E-state index is 0. The number of nitrogens with zero attached hydrogens (tertiary/aromatic N) is 2. The van der Waals surface area contributed by atoms with Crippen LogP contribution in [-0.4, -0.2) is 24.6 Å². The Morgan fingerprint density at radius 2 is 2.09 bits per heavy atom. The highest BCUT2D eigenvalue weighted by Gasteiger charge is 2.05. The van der Waals surface area contributed by atoms with Crippen LogP contribution in [0.1, 0.15) is 15.6 Å². The van der Waals surface area contributed by atoms with Crippen LogP contribution in [0.3, 0.4) is 0 Å². The monoisotopic (exact) mass is 432 g/mol. The Morgan fingerprint density at radius 3 is 2.73 bits per heavy atom. The molecule has 2 rings (SSSR count). The van der Waals surface area contributed by atoms with E-state index in [1.54, 1.807) is 18.4 Å². The number of methoxy groups -OCH3 is 1. The quantitative estimate of drug-likeness (QED) is 0.432. The summed E-state index contributed by atoms with van der Waals surface area (Å²) >= 11 is 1.71. The molecule has 0 radical (unpaired) electrons. The number of benzene rings is 1. The maximum Gasteiger partial charge on any atom is 0.193 e. The van der Waals surface area contributed by atoms with Gasteiger partial charge in [-0.15, -0.1) is 35.3 Å². The van der Waals surface area contributed by atoms with E-state index in [2.05, 4.69) is 15.3 Å². The lowest BCUT2D eigenvalue weighted by Crippen LogP contribution is -2.23. The zero-order chi connectivity index (χ0) is 15.2. The zero-order valence-electron chi connectivity index (χ0n) is 12.9. The number of aliphatic imine (C=N–C) groups is 1. The number of aryl methyl sites for hydroxylation is 2. The number of para-hydroxylation sites is 2. The molecular formula is C15H21IN4OS. The van der Waals surface area contributed by atoms with E-state index in [4.69, 9.17) is 10.5 Å². The van der Waals surface area contributed by atoms with Gasteiger partial charge in [-0.3, -0.25) is 4.99 Å². The van der Waals surface area contributed by atoms with E-state index in [0.29, 0.717) is 12.5 Å². The van der Waals surface area contributed by atoms with Gasteiger partial charge in [-0.1, -0.05) is 12.1 Å². The van der Waals surface area contributed by atoms with Crippen LogP contribution in [-0.2, 0) is 6.42 Å². The molecule has 1 aromatic heterocycles. The van der Waals surface area contributed by atoms with Gasteiger partial charge in [0.2, 0.25) is 0 Å². The van der Waals surface area contributed by atoms with Gasteiger partial charge in [-0.2, -0.15) is 0 Å². The van der Waals surface area contributed by atoms with Crippen LogP contribution < -0.4 is 15.8 Å². The third-order valence-electron chi connectivity index (χ3n) is 2.99. The minimum Gasteiger partial charge on any atom is -0.495 e. The van der Waals surface area contributed by atoms with Gasteiger partial charge in [0, 0.05) is 17.8 Å². The fourth-order valence-electron chi connectivity index (χ4n) is 2.01. The molecular weight excluding hydrogens is 411 g/mol. The Labute approximate surface area is 152 Å². The number of hydrogen-bond donors (Lipinski definition) is 2. The third kappa shape index (κ3) is 5.13. The average Bonchev–Trinajstić information content (AvgIpc) is 2.77. The zero-order valence-corrected chi connectivity index (χ0v) is 16.1. The topological polar surface area (TPSA) is 72.5 Å². The number of guanidine groups is 1. The molecule has 3 N–H and O–H groups in total. The first kappa shape index (κ1) is 18.7. The van der Waals surface area contributed by atoms with Gasteiger partial charge in [0.15, 0.2) is 5.96 Å². The molecule has 0 unspecified atom stereocenters. The summed E-state index contributed by atoms with van der Waals surface area (Å²) in [6, 6.07) is 7.60. The molecule has 0 saturated carbocycles. The first-order valence-corrected chi connectivity index (χ1v) is 7.54. The summed E-state index contributed by atoms with van der Waals surface area (Å²) in [4.78, 5) is 10.0. The predicted molar refractivity (Wildman–Crippen MR) is 104 cm³/mol. The number of halogens is 1. The van der Waals surface area contributed by atoms with Crippen molar-refractivity contribution >= 4 is 47.0 Å². The van der Waals surface area contributed by atoms with Crippen LogP contribution in [0.15, 0.2) is 29.3 Å². The lowest BCUT2D eigenvalue weighted by Gasteiger charge is -2.09. The van der Waals surface area contributed by atoms with Crippen LogP contribution in [0.4, 0.5) is 5.69 Å². The number of nitrogens with one attached hydrogen (secondary N) is 1. The summed E-state index contributed by atoms with van der Waals surface area (Å²) in [5.74, 6) is 1.13. The van der Waals surface area contributed by atoms with Gasteiger partial charge in [0.05, 0.1) is 23.5 Å². The third-order valence-corrected chi connectivity index (χ3v) is 4.12. The number of aromatic nitrogens is 1. The normalized spacial score (nSPS) is 11.0. The van der Waals surface area contributed by atoms with E-state index in [1.807, 2.05) is 38.1 Å². The highest BCUT2D eigenvalue weighted by atomic mass is 127. The number of hydrogen-bond acceptors (Lipinski definition) is 4. The van der Waals surface area contributed by atoms with Crippen LogP contribution in [0.25, 0.3) is 0 Å². The Hall–Kier alpha value is -1.35. The molecule has 0 fully saturated rings. The maximum atomic E-state index is 5.91. The van der Waals surface area contributed by atoms with E-state index in [0.717, 1.165) is 28.6 Å². The standard InChI is InChI=1S/C15H20N4OS.HI/c1-10-14(21-11(2)18-10)8-9-17-15(16)19-12-6-4-5-7-13(12)20-3;/h4-7H,8-9H2,1-3H3,(H3,16,17,19);1H. The molecule has 0 spiro atoms. The molecule has 0 bridgehead atoms. The first-order chi connectivity index (χ1) is 10.1. The van der Waals surface area contributed by atoms with Crippen molar-refractivity contribution in [3.05, 3.63) is 39.8 Å². The van der Waals surface area contributed by atoms with Crippen LogP contribution in [0.2, 0.25) is 0 Å². The predicted octanol–water partition coefficient (Wildman–Crippen LogP) is 3.36. The molecule has 0 aliphatic rings. The molecule has 0 aliphatic heterocycles. The van der Waals surface area contributed by atoms with E-state index in [1.165, 1.54) is 4.88 Å².